The van der Waals surface area contributed by atoms with Crippen LogP contribution in [0.15, 0.2) is 155 Å². The lowest BCUT2D eigenvalue weighted by Crippen LogP contribution is -2.05. The highest BCUT2D eigenvalue weighted by Gasteiger charge is 2.18. The summed E-state index contributed by atoms with van der Waals surface area (Å²) >= 11 is 0. The number of phenols is 1. The van der Waals surface area contributed by atoms with Gasteiger partial charge < -0.3 is 21.5 Å². The first-order chi connectivity index (χ1) is 22.7. The first-order valence-electron chi connectivity index (χ1n) is 14.8. The van der Waals surface area contributed by atoms with Crippen LogP contribution in [0.25, 0.3) is 6.08 Å². The van der Waals surface area contributed by atoms with Gasteiger partial charge in [-0.2, -0.15) is 8.42 Å². The van der Waals surface area contributed by atoms with Gasteiger partial charge in [-0.05, 0) is 102 Å². The number of hydrogen-bond acceptors (Lipinski definition) is 7. The van der Waals surface area contributed by atoms with Crippen molar-refractivity contribution in [2.75, 3.05) is 16.4 Å². The highest BCUT2D eigenvalue weighted by Crippen LogP contribution is 2.33. The summed E-state index contributed by atoms with van der Waals surface area (Å²) in [5, 5.41) is 16.2. The van der Waals surface area contributed by atoms with E-state index < -0.39 is 15.0 Å². The molecule has 0 unspecified atom stereocenters. The minimum Gasteiger partial charge on any atom is -0.506 e. The third kappa shape index (κ3) is 8.23. The van der Waals surface area contributed by atoms with Crippen LogP contribution in [-0.4, -0.2) is 23.8 Å². The molecule has 0 aliphatic heterocycles. The van der Waals surface area contributed by atoms with Crippen molar-refractivity contribution in [3.8, 4) is 5.75 Å². The molecule has 8 nitrogen and oxygen atoms in total. The van der Waals surface area contributed by atoms with E-state index in [0.29, 0.717) is 12.1 Å². The third-order valence-electron chi connectivity index (χ3n) is 7.44. The minimum atomic E-state index is -4.55. The smallest absolute Gasteiger partial charge is 0.296 e. The highest BCUT2D eigenvalue weighted by atomic mass is 32.2. The molecule has 1 aliphatic carbocycles. The fraction of sp³-hybridized carbons (Fsp3) is 0.0263. The van der Waals surface area contributed by atoms with Crippen LogP contribution in [-0.2, 0) is 16.5 Å². The first kappa shape index (κ1) is 31.1. The van der Waals surface area contributed by atoms with Crippen molar-refractivity contribution in [1.29, 1.82) is 0 Å². The molecule has 5 aromatic carbocycles. The number of phenolic OH excluding ortho intramolecular Hbond substituents is 1. The summed E-state index contributed by atoms with van der Waals surface area (Å²) in [6.45, 7) is 0. The van der Waals surface area contributed by atoms with Crippen molar-refractivity contribution >= 4 is 56.0 Å². The maximum Gasteiger partial charge on any atom is 0.296 e. The summed E-state index contributed by atoms with van der Waals surface area (Å²) in [6, 6.07) is 36.0. The van der Waals surface area contributed by atoms with Gasteiger partial charge in [0, 0.05) is 23.1 Å². The van der Waals surface area contributed by atoms with E-state index in [0.717, 1.165) is 57.2 Å². The number of allylic oxidation sites excluding steroid dienone is 5. The Morgan fingerprint density at radius 2 is 1.28 bits per heavy atom. The van der Waals surface area contributed by atoms with Crippen LogP contribution in [0, 0.1) is 0 Å². The van der Waals surface area contributed by atoms with Crippen molar-refractivity contribution in [3.63, 3.8) is 0 Å². The molecule has 0 heterocycles. The van der Waals surface area contributed by atoms with Gasteiger partial charge in [0.25, 0.3) is 10.1 Å². The standard InChI is InChI=1S/C38H32N4O4S/c39-35-24-38(47(44,45)46)36(25-37(35)43)42-34-20-12-29(13-21-34)23-28-10-18-33(19-11-28)41-32-16-8-27(9-17-32)22-26-6-14-31(15-7-26)40-30-4-2-1-3-5-30/h1-22,24-25,40,42-43H,23,39H2,(H,44,45,46). The number of benzene rings is 5. The van der Waals surface area contributed by atoms with E-state index in [2.05, 4.69) is 53.1 Å². The van der Waals surface area contributed by atoms with Gasteiger partial charge >= 0.3 is 0 Å². The highest BCUT2D eigenvalue weighted by molar-refractivity contribution is 7.86. The van der Waals surface area contributed by atoms with E-state index in [1.54, 1.807) is 12.1 Å². The molecule has 6 N–H and O–H groups in total. The zero-order chi connectivity index (χ0) is 32.8. The SMILES string of the molecule is Nc1cc(S(=O)(=O)O)c(Nc2ccc(Cc3ccc(N=C4C=CC(=Cc5ccc(Nc6ccccc6)cc5)C=C4)cc3)cc2)cc1O. The number of aromatic hydroxyl groups is 1. The Morgan fingerprint density at radius 1 is 0.702 bits per heavy atom. The average molecular weight is 641 g/mol. The number of aliphatic imine (C=N–C) groups is 1. The lowest BCUT2D eigenvalue weighted by molar-refractivity contribution is 0.476. The monoisotopic (exact) mass is 640 g/mol. The van der Waals surface area contributed by atoms with Crippen LogP contribution in [0.5, 0.6) is 5.75 Å². The number of nitrogens with one attached hydrogen (secondary N) is 2. The van der Waals surface area contributed by atoms with Crippen LogP contribution < -0.4 is 16.4 Å². The molecule has 0 saturated carbocycles. The van der Waals surface area contributed by atoms with Gasteiger partial charge in [0.05, 0.1) is 22.8 Å². The quantitative estimate of drug-likeness (QED) is 0.0618. The van der Waals surface area contributed by atoms with Gasteiger partial charge in [0.2, 0.25) is 0 Å². The summed E-state index contributed by atoms with van der Waals surface area (Å²) in [6.07, 6.45) is 10.9. The van der Waals surface area contributed by atoms with Gasteiger partial charge in [-0.15, -0.1) is 0 Å². The van der Waals surface area contributed by atoms with Crippen molar-refractivity contribution in [3.05, 3.63) is 162 Å². The molecule has 1 aliphatic rings. The molecule has 0 radical (unpaired) electrons. The molecule has 0 fully saturated rings. The van der Waals surface area contributed by atoms with Gasteiger partial charge in [-0.25, -0.2) is 4.99 Å². The van der Waals surface area contributed by atoms with E-state index in [9.17, 15) is 18.1 Å². The van der Waals surface area contributed by atoms with Gasteiger partial charge in [0.1, 0.15) is 10.6 Å². The molecule has 0 aromatic heterocycles. The lowest BCUT2D eigenvalue weighted by atomic mass is 10.0. The second kappa shape index (κ2) is 13.6. The maximum atomic E-state index is 11.8. The zero-order valence-electron chi connectivity index (χ0n) is 25.2. The first-order valence-corrected chi connectivity index (χ1v) is 16.3. The molecule has 6 rings (SSSR count). The Bertz CT molecular complexity index is 2100. The van der Waals surface area contributed by atoms with E-state index in [-0.39, 0.29) is 17.1 Å². The molecule has 0 spiro atoms. The predicted molar refractivity (Wildman–Crippen MR) is 191 cm³/mol. The van der Waals surface area contributed by atoms with Crippen molar-refractivity contribution < 1.29 is 18.1 Å². The molecule has 0 atom stereocenters. The summed E-state index contributed by atoms with van der Waals surface area (Å²) in [5.41, 5.74) is 14.2. The molecule has 9 heteroatoms. The number of nitrogen functional groups attached to an aromatic ring is 1. The summed E-state index contributed by atoms with van der Waals surface area (Å²) in [4.78, 5) is 4.34. The van der Waals surface area contributed by atoms with Gasteiger partial charge in [-0.3, -0.25) is 4.55 Å². The van der Waals surface area contributed by atoms with Crippen molar-refractivity contribution in [2.24, 2.45) is 4.99 Å². The number of nitrogens with zero attached hydrogens (tertiary/aromatic N) is 1. The topological polar surface area (TPSA) is 137 Å². The molecular formula is C38H32N4O4S. The molecular weight excluding hydrogens is 609 g/mol. The second-order valence-corrected chi connectivity index (χ2v) is 12.4. The maximum absolute atomic E-state index is 11.8. The van der Waals surface area contributed by atoms with Gasteiger partial charge in [0.15, 0.2) is 0 Å². The summed E-state index contributed by atoms with van der Waals surface area (Å²) in [5.74, 6) is -0.295. The number of nitrogens with two attached hydrogens (primary N) is 1. The molecule has 0 amide bonds. The van der Waals surface area contributed by atoms with E-state index in [1.807, 2.05) is 78.9 Å². The number of anilines is 5. The average Bonchev–Trinajstić information content (AvgIpc) is 3.06. The summed E-state index contributed by atoms with van der Waals surface area (Å²) in [7, 11) is -4.55. The molecule has 234 valence electrons. The molecule has 5 aromatic rings. The van der Waals surface area contributed by atoms with Crippen molar-refractivity contribution in [2.45, 2.75) is 11.3 Å². The lowest BCUT2D eigenvalue weighted by Gasteiger charge is -2.13. The number of para-hydroxylation sites is 1. The zero-order valence-corrected chi connectivity index (χ0v) is 26.0. The summed E-state index contributed by atoms with van der Waals surface area (Å²) < 4.78 is 33.1. The Labute approximate surface area is 273 Å². The number of hydrogen-bond donors (Lipinski definition) is 5. The Morgan fingerprint density at radius 3 is 1.91 bits per heavy atom. The Balaban J connectivity index is 1.04. The fourth-order valence-electron chi connectivity index (χ4n) is 5.02. The largest absolute Gasteiger partial charge is 0.506 e. The normalized spacial score (nSPS) is 12.5. The molecule has 0 bridgehead atoms. The van der Waals surface area contributed by atoms with Crippen LogP contribution >= 0.6 is 0 Å². The Kier molecular flexibility index (Phi) is 9.01. The van der Waals surface area contributed by atoms with Crippen LogP contribution in [0.4, 0.5) is 34.1 Å². The Hall–Kier alpha value is -5.90. The fourth-order valence-corrected chi connectivity index (χ4v) is 5.68. The van der Waals surface area contributed by atoms with E-state index in [1.165, 1.54) is 0 Å². The van der Waals surface area contributed by atoms with Crippen LogP contribution in [0.3, 0.4) is 0 Å². The minimum absolute atomic E-state index is 0.0151. The van der Waals surface area contributed by atoms with Crippen LogP contribution in [0.2, 0.25) is 0 Å². The van der Waals surface area contributed by atoms with Crippen LogP contribution in [0.1, 0.15) is 16.7 Å². The van der Waals surface area contributed by atoms with E-state index >= 15 is 0 Å². The molecule has 47 heavy (non-hydrogen) atoms. The van der Waals surface area contributed by atoms with E-state index in [4.69, 9.17) is 10.7 Å². The molecule has 0 saturated heterocycles. The third-order valence-corrected chi connectivity index (χ3v) is 8.34. The van der Waals surface area contributed by atoms with Crippen molar-refractivity contribution in [1.82, 2.24) is 0 Å². The predicted octanol–water partition coefficient (Wildman–Crippen LogP) is 8.58. The van der Waals surface area contributed by atoms with Gasteiger partial charge in [-0.1, -0.05) is 66.7 Å². The second-order valence-electron chi connectivity index (χ2n) is 11.0. The number of rotatable bonds is 9.